The van der Waals surface area contributed by atoms with E-state index in [0.29, 0.717) is 0 Å². The smallest absolute Gasteiger partial charge is 0.0155 e. The van der Waals surface area contributed by atoms with Crippen LogP contribution in [0.5, 0.6) is 0 Å². The first-order chi connectivity index (χ1) is 13.1. The first-order valence-electron chi connectivity index (χ1n) is 11.3. The molecule has 0 amide bonds. The molecule has 2 aliphatic carbocycles. The highest BCUT2D eigenvalue weighted by Crippen LogP contribution is 2.38. The van der Waals surface area contributed by atoms with E-state index in [1.165, 1.54) is 68.1 Å². The summed E-state index contributed by atoms with van der Waals surface area (Å²) in [6.45, 7) is 7.10. The molecule has 0 heterocycles. The first-order valence-corrected chi connectivity index (χ1v) is 11.3. The van der Waals surface area contributed by atoms with Crippen molar-refractivity contribution in [3.8, 4) is 11.1 Å². The number of rotatable bonds is 3. The molecule has 27 heavy (non-hydrogen) atoms. The van der Waals surface area contributed by atoms with Crippen molar-refractivity contribution in [2.75, 3.05) is 0 Å². The quantitative estimate of drug-likeness (QED) is 0.517. The lowest BCUT2D eigenvalue weighted by Crippen LogP contribution is -2.11. The summed E-state index contributed by atoms with van der Waals surface area (Å²) in [7, 11) is 0. The van der Waals surface area contributed by atoms with Gasteiger partial charge in [0.25, 0.3) is 0 Å². The summed E-state index contributed by atoms with van der Waals surface area (Å²) in [5.41, 5.74) is 7.34. The average Bonchev–Trinajstić information content (AvgIpc) is 2.69. The summed E-state index contributed by atoms with van der Waals surface area (Å²) in [4.78, 5) is 0. The highest BCUT2D eigenvalue weighted by Gasteiger charge is 2.21. The second kappa shape index (κ2) is 8.21. The molecular weight excluding hydrogens is 324 g/mol. The van der Waals surface area contributed by atoms with E-state index in [2.05, 4.69) is 63.2 Å². The summed E-state index contributed by atoms with van der Waals surface area (Å²) in [6, 6.07) is 16.7. The molecule has 2 fully saturated rings. The molecule has 4 rings (SSSR count). The Balaban J connectivity index is 1.48. The van der Waals surface area contributed by atoms with Gasteiger partial charge in [-0.25, -0.2) is 0 Å². The van der Waals surface area contributed by atoms with Crippen molar-refractivity contribution in [3.05, 3.63) is 59.2 Å². The molecule has 0 bridgehead atoms. The third kappa shape index (κ3) is 4.31. The van der Waals surface area contributed by atoms with Crippen LogP contribution in [0.1, 0.15) is 93.7 Å². The third-order valence-corrected chi connectivity index (χ3v) is 7.45. The second-order valence-electron chi connectivity index (χ2n) is 9.61. The Hall–Kier alpha value is -1.56. The van der Waals surface area contributed by atoms with Crippen molar-refractivity contribution in [2.45, 2.75) is 84.0 Å². The van der Waals surface area contributed by atoms with Gasteiger partial charge in [0, 0.05) is 0 Å². The standard InChI is InChI=1S/C27H36/c1-19-4-8-22(9-5-19)23-12-14-25(15-13-23)27-17-16-26(18-21(27)3)24-10-6-20(2)7-11-24/h12-20,22,24H,4-11H2,1-3H3. The molecule has 2 aliphatic rings. The van der Waals surface area contributed by atoms with Gasteiger partial charge in [-0.05, 0) is 84.1 Å². The van der Waals surface area contributed by atoms with Gasteiger partial charge in [-0.3, -0.25) is 0 Å². The van der Waals surface area contributed by atoms with Crippen LogP contribution in [0, 0.1) is 18.8 Å². The van der Waals surface area contributed by atoms with Gasteiger partial charge in [0.15, 0.2) is 0 Å². The van der Waals surface area contributed by atoms with Gasteiger partial charge in [0.2, 0.25) is 0 Å². The predicted molar refractivity (Wildman–Crippen MR) is 117 cm³/mol. The molecule has 0 nitrogen and oxygen atoms in total. The van der Waals surface area contributed by atoms with Crippen LogP contribution >= 0.6 is 0 Å². The molecule has 2 aromatic rings. The maximum absolute atomic E-state index is 2.46. The van der Waals surface area contributed by atoms with E-state index in [1.54, 1.807) is 11.1 Å². The first kappa shape index (κ1) is 18.8. The van der Waals surface area contributed by atoms with Crippen molar-refractivity contribution in [1.29, 1.82) is 0 Å². The lowest BCUT2D eigenvalue weighted by atomic mass is 9.78. The normalized spacial score (nSPS) is 28.9. The molecule has 2 saturated carbocycles. The van der Waals surface area contributed by atoms with E-state index in [4.69, 9.17) is 0 Å². The Kier molecular flexibility index (Phi) is 5.71. The lowest BCUT2D eigenvalue weighted by Gasteiger charge is -2.27. The lowest BCUT2D eigenvalue weighted by molar-refractivity contribution is 0.348. The number of benzene rings is 2. The summed E-state index contributed by atoms with van der Waals surface area (Å²) < 4.78 is 0. The van der Waals surface area contributed by atoms with E-state index in [1.807, 2.05) is 0 Å². The minimum absolute atomic E-state index is 0.782. The van der Waals surface area contributed by atoms with Crippen LogP contribution in [-0.2, 0) is 0 Å². The average molecular weight is 361 g/mol. The molecular formula is C27H36. The second-order valence-corrected chi connectivity index (χ2v) is 9.61. The largest absolute Gasteiger partial charge is 0.0625 e. The van der Waals surface area contributed by atoms with Crippen molar-refractivity contribution in [2.24, 2.45) is 11.8 Å². The molecule has 0 atom stereocenters. The zero-order chi connectivity index (χ0) is 18.8. The van der Waals surface area contributed by atoms with Crippen LogP contribution in [0.25, 0.3) is 11.1 Å². The van der Waals surface area contributed by atoms with Crippen molar-refractivity contribution < 1.29 is 0 Å². The van der Waals surface area contributed by atoms with E-state index in [-0.39, 0.29) is 0 Å². The molecule has 0 saturated heterocycles. The van der Waals surface area contributed by atoms with Gasteiger partial charge in [-0.2, -0.15) is 0 Å². The van der Waals surface area contributed by atoms with Crippen LogP contribution in [0.2, 0.25) is 0 Å². The molecule has 0 N–H and O–H groups in total. The minimum atomic E-state index is 0.782. The van der Waals surface area contributed by atoms with Crippen molar-refractivity contribution >= 4 is 0 Å². The maximum atomic E-state index is 2.46. The van der Waals surface area contributed by atoms with Crippen LogP contribution in [0.3, 0.4) is 0 Å². The van der Waals surface area contributed by atoms with Gasteiger partial charge in [0.1, 0.15) is 0 Å². The Morgan fingerprint density at radius 1 is 0.593 bits per heavy atom. The van der Waals surface area contributed by atoms with Crippen molar-refractivity contribution in [3.63, 3.8) is 0 Å². The van der Waals surface area contributed by atoms with Gasteiger partial charge in [-0.15, -0.1) is 0 Å². The van der Waals surface area contributed by atoms with Gasteiger partial charge < -0.3 is 0 Å². The van der Waals surface area contributed by atoms with E-state index >= 15 is 0 Å². The Morgan fingerprint density at radius 2 is 1.07 bits per heavy atom. The van der Waals surface area contributed by atoms with Crippen LogP contribution in [-0.4, -0.2) is 0 Å². The summed E-state index contributed by atoms with van der Waals surface area (Å²) in [5.74, 6) is 3.42. The number of aryl methyl sites for hydroxylation is 1. The Bertz CT molecular complexity index is 738. The SMILES string of the molecule is Cc1cc(C2CCC(C)CC2)ccc1-c1ccc(C2CCC(C)CC2)cc1. The van der Waals surface area contributed by atoms with E-state index < -0.39 is 0 Å². The monoisotopic (exact) mass is 360 g/mol. The highest BCUT2D eigenvalue weighted by atomic mass is 14.3. The molecule has 0 spiro atoms. The predicted octanol–water partition coefficient (Wildman–Crippen LogP) is 8.25. The van der Waals surface area contributed by atoms with Crippen LogP contribution in [0.4, 0.5) is 0 Å². The summed E-state index contributed by atoms with van der Waals surface area (Å²) in [6.07, 6.45) is 11.1. The topological polar surface area (TPSA) is 0 Å². The number of hydrogen-bond donors (Lipinski definition) is 0. The van der Waals surface area contributed by atoms with Gasteiger partial charge >= 0.3 is 0 Å². The fraction of sp³-hybridized carbons (Fsp3) is 0.556. The third-order valence-electron chi connectivity index (χ3n) is 7.45. The Morgan fingerprint density at radius 3 is 1.59 bits per heavy atom. The van der Waals surface area contributed by atoms with E-state index in [0.717, 1.165) is 23.7 Å². The van der Waals surface area contributed by atoms with Gasteiger partial charge in [0.05, 0.1) is 0 Å². The molecule has 0 unspecified atom stereocenters. The van der Waals surface area contributed by atoms with E-state index in [9.17, 15) is 0 Å². The molecule has 0 heteroatoms. The molecule has 0 aliphatic heterocycles. The maximum Gasteiger partial charge on any atom is -0.0155 e. The zero-order valence-corrected chi connectivity index (χ0v) is 17.5. The van der Waals surface area contributed by atoms with Crippen LogP contribution in [0.15, 0.2) is 42.5 Å². The molecule has 0 aromatic heterocycles. The molecule has 2 aromatic carbocycles. The van der Waals surface area contributed by atoms with Crippen molar-refractivity contribution in [1.82, 2.24) is 0 Å². The Labute approximate surface area is 166 Å². The fourth-order valence-electron chi connectivity index (χ4n) is 5.39. The molecule has 0 radical (unpaired) electrons. The van der Waals surface area contributed by atoms with Gasteiger partial charge in [-0.1, -0.05) is 82.0 Å². The fourth-order valence-corrected chi connectivity index (χ4v) is 5.39. The zero-order valence-electron chi connectivity index (χ0n) is 17.5. The van der Waals surface area contributed by atoms with Crippen LogP contribution < -0.4 is 0 Å². The summed E-state index contributed by atoms with van der Waals surface area (Å²) in [5, 5.41) is 0. The number of hydrogen-bond acceptors (Lipinski definition) is 0. The summed E-state index contributed by atoms with van der Waals surface area (Å²) >= 11 is 0. The molecule has 144 valence electrons. The minimum Gasteiger partial charge on any atom is -0.0625 e. The highest BCUT2D eigenvalue weighted by molar-refractivity contribution is 5.68.